The first-order valence-electron chi connectivity index (χ1n) is 17.3. The largest absolute Gasteiger partial charge is 0.491 e. The number of benzene rings is 3. The van der Waals surface area contributed by atoms with Gasteiger partial charge in [-0.3, -0.25) is 0 Å². The fourth-order valence-corrected chi connectivity index (χ4v) is 7.43. The number of aromatic nitrogens is 3. The maximum absolute atomic E-state index is 6.59. The second kappa shape index (κ2) is 15.5. The maximum Gasteiger partial charge on any atom is 0.293 e. The lowest BCUT2D eigenvalue weighted by molar-refractivity contribution is -0.190. The number of anilines is 2. The first-order chi connectivity index (χ1) is 24.4. The Morgan fingerprint density at radius 1 is 0.920 bits per heavy atom. The summed E-state index contributed by atoms with van der Waals surface area (Å²) in [7, 11) is 0. The Balaban J connectivity index is 0.910. The standard InChI is InChI=1S/C37H43Cl2N7O4/c1-3-29(4-2)46-19-20-47-36(46)42-28-6-8-30(9-7-28)43-15-17-44(18-16-43)31-10-12-32(13-11-31)48-22-33-23-49-37(50-33,24-45-26-40-25-41-45)34-14-5-27(38)21-35(34)39/h5-14,21,25-26,29,33H,3-4,15-20,22-24H2,1-2H3/t33-,37-/m1/s1. The van der Waals surface area contributed by atoms with Crippen molar-refractivity contribution in [1.29, 1.82) is 0 Å². The normalized spacial score (nSPS) is 21.7. The molecule has 0 unspecified atom stereocenters. The molecule has 50 heavy (non-hydrogen) atoms. The highest BCUT2D eigenvalue weighted by Crippen LogP contribution is 2.40. The van der Waals surface area contributed by atoms with E-state index in [0.717, 1.165) is 63.0 Å². The van der Waals surface area contributed by atoms with Crippen molar-refractivity contribution in [1.82, 2.24) is 19.7 Å². The smallest absolute Gasteiger partial charge is 0.293 e. The quantitative estimate of drug-likeness (QED) is 0.157. The Hall–Kier alpha value is -4.03. The first-order valence-corrected chi connectivity index (χ1v) is 18.1. The summed E-state index contributed by atoms with van der Waals surface area (Å²) in [5.41, 5.74) is 3.98. The molecule has 0 aliphatic carbocycles. The van der Waals surface area contributed by atoms with Gasteiger partial charge in [0.2, 0.25) is 5.79 Å². The summed E-state index contributed by atoms with van der Waals surface area (Å²) in [6.07, 6.45) is 4.94. The molecule has 13 heteroatoms. The molecule has 3 fully saturated rings. The highest BCUT2D eigenvalue weighted by atomic mass is 35.5. The Morgan fingerprint density at radius 2 is 1.62 bits per heavy atom. The summed E-state index contributed by atoms with van der Waals surface area (Å²) in [6, 6.07) is 23.3. The number of hydrogen-bond acceptors (Lipinski definition) is 9. The van der Waals surface area contributed by atoms with Crippen LogP contribution in [0.15, 0.2) is 84.4 Å². The minimum absolute atomic E-state index is 0.278. The van der Waals surface area contributed by atoms with Crippen LogP contribution < -0.4 is 14.5 Å². The van der Waals surface area contributed by atoms with Gasteiger partial charge < -0.3 is 33.6 Å². The first kappa shape index (κ1) is 34.4. The Bertz CT molecular complexity index is 1730. The molecule has 0 saturated carbocycles. The molecule has 0 bridgehead atoms. The monoisotopic (exact) mass is 719 g/mol. The number of halogens is 2. The van der Waals surface area contributed by atoms with Crippen molar-refractivity contribution in [3.63, 3.8) is 0 Å². The van der Waals surface area contributed by atoms with Gasteiger partial charge in [0.1, 0.15) is 44.3 Å². The SMILES string of the molecule is CCC(CC)N1CCOC1=Nc1ccc(N2CCN(c3ccc(OC[C@@H]4CO[C@@](Cn5cncn5)(c5ccc(Cl)cc5Cl)O4)cc3)CC2)cc1. The van der Waals surface area contributed by atoms with Gasteiger partial charge >= 0.3 is 0 Å². The molecule has 4 aromatic rings. The molecule has 1 aromatic heterocycles. The van der Waals surface area contributed by atoms with Crippen molar-refractivity contribution >= 4 is 46.3 Å². The second-order valence-electron chi connectivity index (χ2n) is 12.7. The molecular formula is C37H43Cl2N7O4. The van der Waals surface area contributed by atoms with Gasteiger partial charge in [-0.05, 0) is 73.5 Å². The van der Waals surface area contributed by atoms with Crippen molar-refractivity contribution in [3.05, 3.63) is 95.0 Å². The molecule has 0 spiro atoms. The zero-order chi connectivity index (χ0) is 34.5. The van der Waals surface area contributed by atoms with Crippen LogP contribution >= 0.6 is 23.2 Å². The Labute approximate surface area is 303 Å². The molecule has 7 rings (SSSR count). The predicted octanol–water partition coefficient (Wildman–Crippen LogP) is 6.77. The summed E-state index contributed by atoms with van der Waals surface area (Å²) in [4.78, 5) is 16.0. The third-order valence-electron chi connectivity index (χ3n) is 9.59. The molecule has 3 saturated heterocycles. The number of nitrogens with zero attached hydrogens (tertiary/aromatic N) is 7. The molecule has 0 radical (unpaired) electrons. The van der Waals surface area contributed by atoms with E-state index in [1.54, 1.807) is 23.1 Å². The molecular weight excluding hydrogens is 677 g/mol. The third-order valence-corrected chi connectivity index (χ3v) is 10.1. The van der Waals surface area contributed by atoms with E-state index in [0.29, 0.717) is 41.5 Å². The van der Waals surface area contributed by atoms with E-state index >= 15 is 0 Å². The van der Waals surface area contributed by atoms with E-state index in [-0.39, 0.29) is 12.6 Å². The van der Waals surface area contributed by atoms with E-state index < -0.39 is 5.79 Å². The summed E-state index contributed by atoms with van der Waals surface area (Å²) < 4.78 is 26.4. The summed E-state index contributed by atoms with van der Waals surface area (Å²) in [6.45, 7) is 10.7. The number of ether oxygens (including phenoxy) is 4. The molecule has 0 N–H and O–H groups in total. The summed E-state index contributed by atoms with van der Waals surface area (Å²) in [5.74, 6) is -0.380. The van der Waals surface area contributed by atoms with Gasteiger partial charge in [-0.2, -0.15) is 10.1 Å². The van der Waals surface area contributed by atoms with Crippen molar-refractivity contribution in [3.8, 4) is 5.75 Å². The molecule has 3 aliphatic heterocycles. The number of piperazine rings is 1. The van der Waals surface area contributed by atoms with Crippen molar-refractivity contribution in [2.75, 3.05) is 62.3 Å². The van der Waals surface area contributed by atoms with Crippen LogP contribution in [0.25, 0.3) is 0 Å². The molecule has 2 atom stereocenters. The molecule has 264 valence electrons. The van der Waals surface area contributed by atoms with Gasteiger partial charge in [0, 0.05) is 54.2 Å². The van der Waals surface area contributed by atoms with Gasteiger partial charge in [-0.25, -0.2) is 9.67 Å². The fourth-order valence-electron chi connectivity index (χ4n) is 6.87. The minimum Gasteiger partial charge on any atom is -0.491 e. The van der Waals surface area contributed by atoms with Gasteiger partial charge in [0.05, 0.1) is 23.9 Å². The predicted molar refractivity (Wildman–Crippen MR) is 196 cm³/mol. The summed E-state index contributed by atoms with van der Waals surface area (Å²) >= 11 is 12.8. The summed E-state index contributed by atoms with van der Waals surface area (Å²) in [5, 5.41) is 5.23. The number of rotatable bonds is 12. The van der Waals surface area contributed by atoms with Crippen molar-refractivity contribution in [2.45, 2.75) is 51.2 Å². The van der Waals surface area contributed by atoms with Gasteiger partial charge in [0.25, 0.3) is 6.02 Å². The van der Waals surface area contributed by atoms with E-state index in [2.05, 4.69) is 75.0 Å². The average molecular weight is 721 g/mol. The van der Waals surface area contributed by atoms with Crippen LogP contribution in [0.1, 0.15) is 32.3 Å². The van der Waals surface area contributed by atoms with Crippen LogP contribution in [0, 0.1) is 0 Å². The lowest BCUT2D eigenvalue weighted by Crippen LogP contribution is -2.46. The Kier molecular flexibility index (Phi) is 10.6. The fraction of sp³-hybridized carbons (Fsp3) is 0.432. The number of aliphatic imine (C=N–C) groups is 1. The molecule has 3 aliphatic rings. The molecule has 11 nitrogen and oxygen atoms in total. The maximum atomic E-state index is 6.59. The van der Waals surface area contributed by atoms with E-state index in [1.165, 1.54) is 17.7 Å². The van der Waals surface area contributed by atoms with E-state index in [9.17, 15) is 0 Å². The van der Waals surface area contributed by atoms with E-state index in [4.69, 9.17) is 47.1 Å². The van der Waals surface area contributed by atoms with Crippen LogP contribution in [-0.4, -0.2) is 90.4 Å². The second-order valence-corrected chi connectivity index (χ2v) is 13.6. The van der Waals surface area contributed by atoms with Crippen LogP contribution in [0.5, 0.6) is 5.75 Å². The zero-order valence-corrected chi connectivity index (χ0v) is 30.0. The lowest BCUT2D eigenvalue weighted by Gasteiger charge is -2.37. The third kappa shape index (κ3) is 7.66. The van der Waals surface area contributed by atoms with Gasteiger partial charge in [-0.1, -0.05) is 43.1 Å². The highest BCUT2D eigenvalue weighted by Gasteiger charge is 2.45. The van der Waals surface area contributed by atoms with Crippen LogP contribution in [0.4, 0.5) is 17.1 Å². The molecule has 4 heterocycles. The molecule has 3 aromatic carbocycles. The topological polar surface area (TPSA) is 89.7 Å². The highest BCUT2D eigenvalue weighted by molar-refractivity contribution is 6.35. The van der Waals surface area contributed by atoms with E-state index in [1.807, 2.05) is 18.2 Å². The lowest BCUT2D eigenvalue weighted by atomic mass is 10.1. The molecule has 0 amide bonds. The minimum atomic E-state index is -1.15. The number of hydrogen-bond donors (Lipinski definition) is 0. The average Bonchev–Trinajstić information content (AvgIpc) is 3.92. The van der Waals surface area contributed by atoms with Crippen molar-refractivity contribution in [2.24, 2.45) is 4.99 Å². The van der Waals surface area contributed by atoms with Crippen LogP contribution in [0.3, 0.4) is 0 Å². The van der Waals surface area contributed by atoms with Crippen LogP contribution in [0.2, 0.25) is 10.0 Å². The zero-order valence-electron chi connectivity index (χ0n) is 28.5. The van der Waals surface area contributed by atoms with Gasteiger partial charge in [-0.15, -0.1) is 0 Å². The van der Waals surface area contributed by atoms with Crippen molar-refractivity contribution < 1.29 is 18.9 Å². The van der Waals surface area contributed by atoms with Gasteiger partial charge in [0.15, 0.2) is 0 Å². The van der Waals surface area contributed by atoms with Crippen LogP contribution in [-0.2, 0) is 26.5 Å². The Morgan fingerprint density at radius 3 is 2.26 bits per heavy atom. The number of amidine groups is 1.